The molecule has 14 heavy (non-hydrogen) atoms. The Hall–Kier alpha value is -0.963. The topological polar surface area (TPSA) is 0 Å². The van der Waals surface area contributed by atoms with E-state index in [1.165, 1.54) is 21.9 Å². The SMILES string of the molecule is C1=Cc2c(ccc3ccccc23)C1.[Li]. The summed E-state index contributed by atoms with van der Waals surface area (Å²) in [6.45, 7) is 0. The van der Waals surface area contributed by atoms with Crippen molar-refractivity contribution in [2.24, 2.45) is 0 Å². The number of hydrogen-bond donors (Lipinski definition) is 0. The zero-order chi connectivity index (χ0) is 8.67. The van der Waals surface area contributed by atoms with Gasteiger partial charge in [-0.2, -0.15) is 0 Å². The monoisotopic (exact) mass is 173 g/mol. The summed E-state index contributed by atoms with van der Waals surface area (Å²) < 4.78 is 0. The Bertz CT molecular complexity index is 498. The van der Waals surface area contributed by atoms with E-state index in [0.717, 1.165) is 6.42 Å². The molecule has 0 spiro atoms. The third kappa shape index (κ3) is 1.32. The molecule has 1 radical (unpaired) electrons. The van der Waals surface area contributed by atoms with E-state index in [4.69, 9.17) is 0 Å². The minimum Gasteiger partial charge on any atom is -0.0795 e. The molecule has 0 N–H and O–H groups in total. The Labute approximate surface area is 95.8 Å². The molecule has 0 aliphatic heterocycles. The first-order valence-corrected chi connectivity index (χ1v) is 4.62. The van der Waals surface area contributed by atoms with Gasteiger partial charge in [0.1, 0.15) is 0 Å². The van der Waals surface area contributed by atoms with Gasteiger partial charge in [0.15, 0.2) is 0 Å². The van der Waals surface area contributed by atoms with Crippen LogP contribution in [0.5, 0.6) is 0 Å². The van der Waals surface area contributed by atoms with Crippen molar-refractivity contribution in [3.05, 3.63) is 53.6 Å². The maximum Gasteiger partial charge on any atom is 0 e. The molecule has 0 heterocycles. The van der Waals surface area contributed by atoms with Crippen molar-refractivity contribution in [1.29, 1.82) is 0 Å². The molecule has 0 nitrogen and oxygen atoms in total. The maximum atomic E-state index is 2.23. The maximum absolute atomic E-state index is 2.23. The van der Waals surface area contributed by atoms with Gasteiger partial charge in [0, 0.05) is 18.9 Å². The fourth-order valence-corrected chi connectivity index (χ4v) is 2.02. The van der Waals surface area contributed by atoms with Gasteiger partial charge in [-0.1, -0.05) is 48.6 Å². The molecule has 1 aliphatic carbocycles. The van der Waals surface area contributed by atoms with Crippen molar-refractivity contribution in [2.45, 2.75) is 6.42 Å². The minimum atomic E-state index is 0. The third-order valence-corrected chi connectivity index (χ3v) is 2.68. The molecule has 2 aromatic rings. The van der Waals surface area contributed by atoms with E-state index in [-0.39, 0.29) is 18.9 Å². The first-order valence-electron chi connectivity index (χ1n) is 4.62. The number of fused-ring (bicyclic) bond motifs is 3. The minimum absolute atomic E-state index is 0. The Balaban J connectivity index is 0.000000750. The molecule has 2 aromatic carbocycles. The van der Waals surface area contributed by atoms with Crippen LogP contribution in [-0.2, 0) is 6.42 Å². The van der Waals surface area contributed by atoms with E-state index in [1.807, 2.05) is 0 Å². The van der Waals surface area contributed by atoms with Crippen molar-refractivity contribution >= 4 is 35.7 Å². The van der Waals surface area contributed by atoms with Gasteiger partial charge in [-0.25, -0.2) is 0 Å². The van der Waals surface area contributed by atoms with Gasteiger partial charge in [0.2, 0.25) is 0 Å². The normalized spacial score (nSPS) is 12.6. The largest absolute Gasteiger partial charge is 0.0795 e. The quantitative estimate of drug-likeness (QED) is 0.537. The summed E-state index contributed by atoms with van der Waals surface area (Å²) in [5.74, 6) is 0. The summed E-state index contributed by atoms with van der Waals surface area (Å²) in [4.78, 5) is 0. The first-order chi connectivity index (χ1) is 6.45. The summed E-state index contributed by atoms with van der Waals surface area (Å²) in [6.07, 6.45) is 5.56. The van der Waals surface area contributed by atoms with Crippen molar-refractivity contribution in [3.63, 3.8) is 0 Å². The van der Waals surface area contributed by atoms with E-state index >= 15 is 0 Å². The van der Waals surface area contributed by atoms with E-state index in [0.29, 0.717) is 0 Å². The standard InChI is InChI=1S/C13H10.Li/c1-2-6-12-10(4-1)8-9-11-5-3-7-13(11)12;/h1-4,6-9H,5H2;. The zero-order valence-electron chi connectivity index (χ0n) is 8.33. The number of rotatable bonds is 0. The van der Waals surface area contributed by atoms with Gasteiger partial charge < -0.3 is 0 Å². The Morgan fingerprint density at radius 3 is 2.71 bits per heavy atom. The molecule has 3 rings (SSSR count). The van der Waals surface area contributed by atoms with Crippen LogP contribution in [0.2, 0.25) is 0 Å². The second kappa shape index (κ2) is 3.65. The van der Waals surface area contributed by atoms with Crippen LogP contribution >= 0.6 is 0 Å². The average molecular weight is 173 g/mol. The van der Waals surface area contributed by atoms with Crippen LogP contribution in [0, 0.1) is 0 Å². The van der Waals surface area contributed by atoms with E-state index in [9.17, 15) is 0 Å². The number of hydrogen-bond acceptors (Lipinski definition) is 0. The summed E-state index contributed by atoms with van der Waals surface area (Å²) in [5, 5.41) is 2.72. The Kier molecular flexibility index (Phi) is 2.50. The summed E-state index contributed by atoms with van der Waals surface area (Å²) in [5.41, 5.74) is 2.87. The average Bonchev–Trinajstić information content (AvgIpc) is 2.65. The molecular formula is C13H10Li. The number of allylic oxidation sites excluding steroid dienone is 1. The van der Waals surface area contributed by atoms with Crippen molar-refractivity contribution < 1.29 is 0 Å². The van der Waals surface area contributed by atoms with Crippen molar-refractivity contribution in [2.75, 3.05) is 0 Å². The van der Waals surface area contributed by atoms with Gasteiger partial charge >= 0.3 is 0 Å². The molecule has 0 atom stereocenters. The van der Waals surface area contributed by atoms with Crippen LogP contribution < -0.4 is 0 Å². The van der Waals surface area contributed by atoms with E-state index < -0.39 is 0 Å². The molecule has 1 heteroatoms. The van der Waals surface area contributed by atoms with E-state index in [2.05, 4.69) is 48.6 Å². The first kappa shape index (κ1) is 9.59. The molecule has 63 valence electrons. The molecular weight excluding hydrogens is 163 g/mol. The Morgan fingerprint density at radius 1 is 0.929 bits per heavy atom. The van der Waals surface area contributed by atoms with Gasteiger partial charge in [0.05, 0.1) is 0 Å². The van der Waals surface area contributed by atoms with E-state index in [1.54, 1.807) is 0 Å². The zero-order valence-corrected chi connectivity index (χ0v) is 8.33. The second-order valence-corrected chi connectivity index (χ2v) is 3.47. The molecule has 0 bridgehead atoms. The van der Waals surface area contributed by atoms with Crippen molar-refractivity contribution in [3.8, 4) is 0 Å². The van der Waals surface area contributed by atoms with Crippen LogP contribution in [0.4, 0.5) is 0 Å². The second-order valence-electron chi connectivity index (χ2n) is 3.47. The van der Waals surface area contributed by atoms with Gasteiger partial charge in [-0.05, 0) is 28.3 Å². The molecule has 0 unspecified atom stereocenters. The fourth-order valence-electron chi connectivity index (χ4n) is 2.02. The smallest absolute Gasteiger partial charge is 0 e. The summed E-state index contributed by atoms with van der Waals surface area (Å²) >= 11 is 0. The predicted molar refractivity (Wildman–Crippen MR) is 62.4 cm³/mol. The van der Waals surface area contributed by atoms with Crippen LogP contribution in [0.1, 0.15) is 11.1 Å². The predicted octanol–water partition coefficient (Wildman–Crippen LogP) is 3.03. The third-order valence-electron chi connectivity index (χ3n) is 2.68. The molecule has 0 saturated heterocycles. The summed E-state index contributed by atoms with van der Waals surface area (Å²) in [7, 11) is 0. The molecule has 0 aromatic heterocycles. The molecule has 1 aliphatic rings. The summed E-state index contributed by atoms with van der Waals surface area (Å²) in [6, 6.07) is 13.0. The van der Waals surface area contributed by atoms with Crippen LogP contribution in [-0.4, -0.2) is 18.9 Å². The Morgan fingerprint density at radius 2 is 1.79 bits per heavy atom. The van der Waals surface area contributed by atoms with Gasteiger partial charge in [0.25, 0.3) is 0 Å². The van der Waals surface area contributed by atoms with Gasteiger partial charge in [-0.15, -0.1) is 0 Å². The molecule has 0 amide bonds. The molecule has 0 saturated carbocycles. The van der Waals surface area contributed by atoms with Crippen LogP contribution in [0.3, 0.4) is 0 Å². The van der Waals surface area contributed by atoms with Crippen molar-refractivity contribution in [1.82, 2.24) is 0 Å². The van der Waals surface area contributed by atoms with Gasteiger partial charge in [-0.3, -0.25) is 0 Å². The van der Waals surface area contributed by atoms with Crippen LogP contribution in [0.15, 0.2) is 42.5 Å². The molecule has 0 fully saturated rings. The van der Waals surface area contributed by atoms with Crippen LogP contribution in [0.25, 0.3) is 16.8 Å². The number of benzene rings is 2. The fraction of sp³-hybridized carbons (Fsp3) is 0.0769.